The first-order valence-corrected chi connectivity index (χ1v) is 20.0. The number of carbonyl (C=O) groups is 2. The SMILES string of the molecule is CC/C=C\C/C=C\C/C=C\C/C=C\CCC(=O)OC(COC(=O)CCCCCCC/C=C\CCCCCCCCC)COP(=O)(O)OC. The van der Waals surface area contributed by atoms with Gasteiger partial charge in [0.2, 0.25) is 0 Å². The number of hydrogen-bond donors (Lipinski definition) is 1. The Morgan fingerprint density at radius 1 is 0.604 bits per heavy atom. The number of allylic oxidation sites excluding steroid dienone is 10. The molecule has 0 rings (SSSR count). The van der Waals surface area contributed by atoms with Gasteiger partial charge in [0.15, 0.2) is 6.10 Å². The molecule has 0 spiro atoms. The van der Waals surface area contributed by atoms with Crippen LogP contribution in [0.2, 0.25) is 0 Å². The van der Waals surface area contributed by atoms with E-state index >= 15 is 0 Å². The van der Waals surface area contributed by atoms with E-state index < -0.39 is 32.5 Å². The van der Waals surface area contributed by atoms with Gasteiger partial charge in [-0.2, -0.15) is 0 Å². The molecule has 8 nitrogen and oxygen atoms in total. The third-order valence-electron chi connectivity index (χ3n) is 7.51. The molecule has 48 heavy (non-hydrogen) atoms. The second kappa shape index (κ2) is 34.6. The van der Waals surface area contributed by atoms with Gasteiger partial charge in [0.1, 0.15) is 6.61 Å². The zero-order valence-corrected chi connectivity index (χ0v) is 31.3. The Hall–Kier alpha value is -2.25. The van der Waals surface area contributed by atoms with Gasteiger partial charge in [-0.05, 0) is 64.2 Å². The number of hydrogen-bond acceptors (Lipinski definition) is 7. The van der Waals surface area contributed by atoms with E-state index in [4.69, 9.17) is 14.0 Å². The summed E-state index contributed by atoms with van der Waals surface area (Å²) in [6, 6.07) is 0. The van der Waals surface area contributed by atoms with E-state index in [1.807, 2.05) is 12.2 Å². The molecule has 0 aromatic rings. The van der Waals surface area contributed by atoms with Gasteiger partial charge < -0.3 is 14.4 Å². The second-order valence-corrected chi connectivity index (χ2v) is 13.5. The van der Waals surface area contributed by atoms with Crippen molar-refractivity contribution in [2.45, 2.75) is 155 Å². The molecule has 0 saturated heterocycles. The highest BCUT2D eigenvalue weighted by atomic mass is 31.2. The zero-order valence-electron chi connectivity index (χ0n) is 30.4. The highest BCUT2D eigenvalue weighted by Gasteiger charge is 2.24. The van der Waals surface area contributed by atoms with E-state index in [0.717, 1.165) is 71.3 Å². The molecule has 0 heterocycles. The summed E-state index contributed by atoms with van der Waals surface area (Å²) >= 11 is 0. The summed E-state index contributed by atoms with van der Waals surface area (Å²) in [7, 11) is -3.23. The molecule has 0 aromatic carbocycles. The number of carbonyl (C=O) groups excluding carboxylic acids is 2. The van der Waals surface area contributed by atoms with Gasteiger partial charge in [-0.25, -0.2) is 4.57 Å². The van der Waals surface area contributed by atoms with Crippen LogP contribution in [0.3, 0.4) is 0 Å². The minimum Gasteiger partial charge on any atom is -0.462 e. The molecule has 2 unspecified atom stereocenters. The van der Waals surface area contributed by atoms with Crippen LogP contribution in [0.5, 0.6) is 0 Å². The van der Waals surface area contributed by atoms with Crippen molar-refractivity contribution in [3.63, 3.8) is 0 Å². The van der Waals surface area contributed by atoms with Gasteiger partial charge in [-0.1, -0.05) is 132 Å². The Bertz CT molecular complexity index is 969. The molecule has 1 N–H and O–H groups in total. The van der Waals surface area contributed by atoms with Crippen molar-refractivity contribution >= 4 is 19.8 Å². The van der Waals surface area contributed by atoms with Crippen molar-refractivity contribution in [1.29, 1.82) is 0 Å². The van der Waals surface area contributed by atoms with Gasteiger partial charge >= 0.3 is 19.8 Å². The van der Waals surface area contributed by atoms with Crippen LogP contribution in [0.25, 0.3) is 0 Å². The third kappa shape index (κ3) is 33.6. The summed E-state index contributed by atoms with van der Waals surface area (Å²) in [5.74, 6) is -0.914. The minimum atomic E-state index is -4.28. The summed E-state index contributed by atoms with van der Waals surface area (Å²) in [5, 5.41) is 0. The maximum absolute atomic E-state index is 12.4. The highest BCUT2D eigenvalue weighted by Crippen LogP contribution is 2.42. The Balaban J connectivity index is 4.18. The van der Waals surface area contributed by atoms with Gasteiger partial charge in [0.25, 0.3) is 0 Å². The first kappa shape index (κ1) is 45.8. The van der Waals surface area contributed by atoms with Crippen LogP contribution in [0.4, 0.5) is 0 Å². The molecule has 0 amide bonds. The standard InChI is InChI=1S/C39H67O8P/c1-4-6-8-10-12-14-16-18-19-20-22-23-25-27-29-31-33-38(40)45-35-37(36-46-48(42,43)44-3)47-39(41)34-32-30-28-26-24-21-17-15-13-11-9-7-5-2/h7,9,13,15,19-21,24,28,30,37H,4-6,8,10-12,14,16-18,22-23,25-27,29,31-36H2,1-3H3,(H,42,43)/b9-7-,15-13-,20-19-,24-21-,30-28-. The van der Waals surface area contributed by atoms with Crippen molar-refractivity contribution in [3.05, 3.63) is 60.8 Å². The largest absolute Gasteiger partial charge is 0.472 e. The Morgan fingerprint density at radius 2 is 1.10 bits per heavy atom. The van der Waals surface area contributed by atoms with Crippen LogP contribution in [0.1, 0.15) is 149 Å². The predicted octanol–water partition coefficient (Wildman–Crippen LogP) is 11.2. The molecule has 0 aliphatic rings. The molecule has 0 aliphatic carbocycles. The van der Waals surface area contributed by atoms with Crippen molar-refractivity contribution in [3.8, 4) is 0 Å². The molecule has 0 saturated carbocycles. The van der Waals surface area contributed by atoms with E-state index in [1.54, 1.807) is 0 Å². The molecule has 0 aliphatic heterocycles. The normalized spacial score (nSPS) is 14.2. The van der Waals surface area contributed by atoms with E-state index in [0.29, 0.717) is 6.42 Å². The zero-order chi connectivity index (χ0) is 35.4. The molecular weight excluding hydrogens is 627 g/mol. The number of rotatable bonds is 33. The smallest absolute Gasteiger partial charge is 0.462 e. The summed E-state index contributed by atoms with van der Waals surface area (Å²) in [6.07, 6.45) is 41.5. The van der Waals surface area contributed by atoms with Crippen LogP contribution >= 0.6 is 7.82 Å². The molecular formula is C39H67O8P. The lowest BCUT2D eigenvalue weighted by molar-refractivity contribution is -0.161. The van der Waals surface area contributed by atoms with Gasteiger partial charge in [0, 0.05) is 20.0 Å². The van der Waals surface area contributed by atoms with Crippen LogP contribution in [0.15, 0.2) is 60.8 Å². The first-order valence-electron chi connectivity index (χ1n) is 18.5. The molecule has 0 bridgehead atoms. The Kier molecular flexibility index (Phi) is 33.0. The van der Waals surface area contributed by atoms with E-state index in [9.17, 15) is 19.0 Å². The fourth-order valence-electron chi connectivity index (χ4n) is 4.66. The number of unbranched alkanes of at least 4 members (excludes halogenated alkanes) is 12. The van der Waals surface area contributed by atoms with Crippen LogP contribution < -0.4 is 0 Å². The molecule has 276 valence electrons. The molecule has 0 fully saturated rings. The molecule has 0 aromatic heterocycles. The number of esters is 2. The summed E-state index contributed by atoms with van der Waals surface area (Å²) in [6.45, 7) is 3.68. The number of ether oxygens (including phenoxy) is 2. The molecule has 2 atom stereocenters. The lowest BCUT2D eigenvalue weighted by atomic mass is 10.1. The topological polar surface area (TPSA) is 108 Å². The van der Waals surface area contributed by atoms with Crippen LogP contribution in [-0.4, -0.2) is 43.3 Å². The average Bonchev–Trinajstić information content (AvgIpc) is 3.07. The second-order valence-electron chi connectivity index (χ2n) is 12.0. The van der Waals surface area contributed by atoms with Gasteiger partial charge in [-0.15, -0.1) is 0 Å². The van der Waals surface area contributed by atoms with Crippen molar-refractivity contribution < 1.29 is 37.6 Å². The lowest BCUT2D eigenvalue weighted by Crippen LogP contribution is -2.29. The van der Waals surface area contributed by atoms with Crippen molar-refractivity contribution in [2.75, 3.05) is 20.3 Å². The van der Waals surface area contributed by atoms with E-state index in [2.05, 4.69) is 67.0 Å². The summed E-state index contributed by atoms with van der Waals surface area (Å²) in [4.78, 5) is 34.2. The quantitative estimate of drug-likeness (QED) is 0.0313. The van der Waals surface area contributed by atoms with E-state index in [1.165, 1.54) is 51.4 Å². The maximum atomic E-state index is 12.4. The monoisotopic (exact) mass is 694 g/mol. The minimum absolute atomic E-state index is 0.120. The fraction of sp³-hybridized carbons (Fsp3) is 0.692. The van der Waals surface area contributed by atoms with Gasteiger partial charge in [0.05, 0.1) is 6.61 Å². The first-order chi connectivity index (χ1) is 23.3. The molecule has 9 heteroatoms. The number of phosphoric ester groups is 1. The van der Waals surface area contributed by atoms with E-state index in [-0.39, 0.29) is 19.4 Å². The average molecular weight is 695 g/mol. The van der Waals surface area contributed by atoms with Crippen LogP contribution in [0, 0.1) is 0 Å². The Morgan fingerprint density at radius 3 is 1.67 bits per heavy atom. The van der Waals surface area contributed by atoms with Crippen molar-refractivity contribution in [2.24, 2.45) is 0 Å². The van der Waals surface area contributed by atoms with Gasteiger partial charge in [-0.3, -0.25) is 18.6 Å². The summed E-state index contributed by atoms with van der Waals surface area (Å²) in [5.41, 5.74) is 0. The highest BCUT2D eigenvalue weighted by molar-refractivity contribution is 7.47. The van der Waals surface area contributed by atoms with Crippen molar-refractivity contribution in [1.82, 2.24) is 0 Å². The predicted molar refractivity (Wildman–Crippen MR) is 198 cm³/mol. The fourth-order valence-corrected chi connectivity index (χ4v) is 5.12. The maximum Gasteiger partial charge on any atom is 0.472 e. The number of phosphoric acid groups is 1. The lowest BCUT2D eigenvalue weighted by Gasteiger charge is -2.19. The molecule has 0 radical (unpaired) electrons. The summed E-state index contributed by atoms with van der Waals surface area (Å²) < 4.78 is 31.7. The Labute approximate surface area is 292 Å². The third-order valence-corrected chi connectivity index (χ3v) is 8.45. The van der Waals surface area contributed by atoms with Crippen LogP contribution in [-0.2, 0) is 32.7 Å².